The van der Waals surface area contributed by atoms with Crippen molar-refractivity contribution in [3.63, 3.8) is 0 Å². The Morgan fingerprint density at radius 1 is 1.32 bits per heavy atom. The van der Waals surface area contributed by atoms with E-state index in [1.165, 1.54) is 12.7 Å². The van der Waals surface area contributed by atoms with E-state index in [0.717, 1.165) is 12.1 Å². The minimum absolute atomic E-state index is 0.235. The van der Waals surface area contributed by atoms with Crippen molar-refractivity contribution in [2.75, 3.05) is 19.1 Å². The van der Waals surface area contributed by atoms with Crippen molar-refractivity contribution in [1.29, 1.82) is 0 Å². The van der Waals surface area contributed by atoms with Crippen LogP contribution in [0, 0.1) is 0 Å². The van der Waals surface area contributed by atoms with E-state index < -0.39 is 5.54 Å². The Morgan fingerprint density at radius 3 is 2.26 bits per heavy atom. The number of nitrogens with zero attached hydrogens (tertiary/aromatic N) is 1. The highest BCUT2D eigenvalue weighted by molar-refractivity contribution is 5.84. The second kappa shape index (κ2) is 6.09. The number of esters is 1. The second-order valence-electron chi connectivity index (χ2n) is 5.51. The minimum atomic E-state index is -0.674. The molecule has 106 valence electrons. The van der Waals surface area contributed by atoms with Crippen LogP contribution in [0.1, 0.15) is 45.6 Å². The van der Waals surface area contributed by atoms with Gasteiger partial charge in [-0.1, -0.05) is 26.0 Å². The van der Waals surface area contributed by atoms with E-state index in [-0.39, 0.29) is 5.97 Å². The second-order valence-corrected chi connectivity index (χ2v) is 5.51. The van der Waals surface area contributed by atoms with Crippen molar-refractivity contribution in [3.8, 4) is 0 Å². The van der Waals surface area contributed by atoms with Crippen LogP contribution < -0.4 is 4.90 Å². The van der Waals surface area contributed by atoms with E-state index in [4.69, 9.17) is 4.74 Å². The predicted octanol–water partition coefficient (Wildman–Crippen LogP) is 3.59. The molecule has 0 saturated carbocycles. The summed E-state index contributed by atoms with van der Waals surface area (Å²) >= 11 is 0. The topological polar surface area (TPSA) is 29.5 Å². The molecule has 3 heteroatoms. The van der Waals surface area contributed by atoms with E-state index in [1.54, 1.807) is 0 Å². The summed E-state index contributed by atoms with van der Waals surface area (Å²) in [5.41, 5.74) is 1.67. The summed E-state index contributed by atoms with van der Waals surface area (Å²) in [4.78, 5) is 13.7. The number of likely N-dealkylation sites (N-methyl/N-ethyl adjacent to an activating group) is 1. The molecular formula is C16H25NO2. The van der Waals surface area contributed by atoms with E-state index in [2.05, 4.69) is 38.1 Å². The molecule has 1 rings (SSSR count). The minimum Gasteiger partial charge on any atom is -0.467 e. The number of rotatable bonds is 5. The van der Waals surface area contributed by atoms with Gasteiger partial charge in [0.1, 0.15) is 5.54 Å². The maximum atomic E-state index is 11.8. The molecule has 1 unspecified atom stereocenters. The van der Waals surface area contributed by atoms with Gasteiger partial charge < -0.3 is 9.64 Å². The van der Waals surface area contributed by atoms with Gasteiger partial charge in [-0.2, -0.15) is 0 Å². The van der Waals surface area contributed by atoms with Crippen molar-refractivity contribution < 1.29 is 9.53 Å². The van der Waals surface area contributed by atoms with Crippen molar-refractivity contribution in [2.24, 2.45) is 0 Å². The molecule has 19 heavy (non-hydrogen) atoms. The van der Waals surface area contributed by atoms with Crippen molar-refractivity contribution in [1.82, 2.24) is 0 Å². The Kier molecular flexibility index (Phi) is 4.98. The zero-order valence-electron chi connectivity index (χ0n) is 12.9. The molecule has 0 saturated heterocycles. The summed E-state index contributed by atoms with van der Waals surface area (Å²) in [6.45, 7) is 8.13. The molecule has 0 aliphatic carbocycles. The number of anilines is 1. The lowest BCUT2D eigenvalue weighted by Crippen LogP contribution is -2.48. The Balaban J connectivity index is 2.95. The van der Waals surface area contributed by atoms with Gasteiger partial charge in [0.25, 0.3) is 0 Å². The molecule has 0 amide bonds. The van der Waals surface area contributed by atoms with Crippen molar-refractivity contribution >= 4 is 11.7 Å². The average molecular weight is 263 g/mol. The summed E-state index contributed by atoms with van der Waals surface area (Å²) in [7, 11) is 3.33. The molecule has 3 nitrogen and oxygen atoms in total. The molecule has 0 aliphatic rings. The number of carbonyl (C=O) groups is 1. The van der Waals surface area contributed by atoms with Gasteiger partial charge in [-0.05, 0) is 43.9 Å². The first-order valence-electron chi connectivity index (χ1n) is 6.76. The molecule has 0 N–H and O–H groups in total. The number of ether oxygens (including phenoxy) is 1. The Morgan fingerprint density at radius 2 is 1.84 bits per heavy atom. The monoisotopic (exact) mass is 263 g/mol. The first-order chi connectivity index (χ1) is 8.84. The van der Waals surface area contributed by atoms with Crippen LogP contribution in [0.5, 0.6) is 0 Å². The number of carbonyl (C=O) groups excluding carboxylic acids is 1. The molecule has 0 radical (unpaired) electrons. The zero-order valence-corrected chi connectivity index (χ0v) is 12.9. The Hall–Kier alpha value is -1.51. The third kappa shape index (κ3) is 3.28. The van der Waals surface area contributed by atoms with Crippen LogP contribution in [0.4, 0.5) is 5.69 Å². The Labute approximate surface area is 116 Å². The van der Waals surface area contributed by atoms with Gasteiger partial charge in [-0.25, -0.2) is 4.79 Å². The third-order valence-electron chi connectivity index (χ3n) is 3.99. The molecule has 0 fully saturated rings. The summed E-state index contributed by atoms with van der Waals surface area (Å²) in [6.07, 6.45) is 1.13. The molecular weight excluding hydrogens is 238 g/mol. The number of hydrogen-bond donors (Lipinski definition) is 0. The number of benzene rings is 1. The average Bonchev–Trinajstić information content (AvgIpc) is 2.44. The standard InChI is InChI=1S/C16H25NO2/c1-7-12(2)13-8-10-14(11-9-13)17(5)16(3,4)15(18)19-6/h8-12H,7H2,1-6H3. The van der Waals surface area contributed by atoms with Gasteiger partial charge in [0.05, 0.1) is 7.11 Å². The van der Waals surface area contributed by atoms with Crippen LogP contribution in [0.25, 0.3) is 0 Å². The van der Waals surface area contributed by atoms with E-state index >= 15 is 0 Å². The lowest BCUT2D eigenvalue weighted by Gasteiger charge is -2.34. The predicted molar refractivity (Wildman–Crippen MR) is 79.6 cm³/mol. The van der Waals surface area contributed by atoms with Crippen LogP contribution >= 0.6 is 0 Å². The lowest BCUT2D eigenvalue weighted by atomic mass is 9.97. The molecule has 0 aliphatic heterocycles. The summed E-state index contributed by atoms with van der Waals surface area (Å²) in [5.74, 6) is 0.328. The SMILES string of the molecule is CCC(C)c1ccc(N(C)C(C)(C)C(=O)OC)cc1. The summed E-state index contributed by atoms with van der Waals surface area (Å²) < 4.78 is 4.86. The van der Waals surface area contributed by atoms with Crippen LogP contribution in [0.3, 0.4) is 0 Å². The van der Waals surface area contributed by atoms with E-state index in [1.807, 2.05) is 25.8 Å². The molecule has 1 atom stereocenters. The van der Waals surface area contributed by atoms with Gasteiger partial charge in [0, 0.05) is 12.7 Å². The van der Waals surface area contributed by atoms with Crippen LogP contribution in [-0.2, 0) is 9.53 Å². The van der Waals surface area contributed by atoms with Gasteiger partial charge in [-0.15, -0.1) is 0 Å². The highest BCUT2D eigenvalue weighted by Gasteiger charge is 2.33. The Bertz CT molecular complexity index is 423. The van der Waals surface area contributed by atoms with Gasteiger partial charge in [-0.3, -0.25) is 0 Å². The van der Waals surface area contributed by atoms with E-state index in [0.29, 0.717) is 5.92 Å². The quantitative estimate of drug-likeness (QED) is 0.760. The molecule has 0 spiro atoms. The molecule has 1 aromatic rings. The first kappa shape index (κ1) is 15.5. The summed E-state index contributed by atoms with van der Waals surface area (Å²) in [5, 5.41) is 0. The maximum Gasteiger partial charge on any atom is 0.331 e. The fraction of sp³-hybridized carbons (Fsp3) is 0.562. The molecule has 0 bridgehead atoms. The molecule has 1 aromatic carbocycles. The normalized spacial score (nSPS) is 12.9. The van der Waals surface area contributed by atoms with Gasteiger partial charge in [0.2, 0.25) is 0 Å². The van der Waals surface area contributed by atoms with Crippen LogP contribution in [0.2, 0.25) is 0 Å². The van der Waals surface area contributed by atoms with Crippen molar-refractivity contribution in [2.45, 2.75) is 45.6 Å². The summed E-state index contributed by atoms with van der Waals surface area (Å²) in [6, 6.07) is 8.39. The fourth-order valence-corrected chi connectivity index (χ4v) is 1.97. The number of methoxy groups -OCH3 is 1. The fourth-order valence-electron chi connectivity index (χ4n) is 1.97. The third-order valence-corrected chi connectivity index (χ3v) is 3.99. The van der Waals surface area contributed by atoms with E-state index in [9.17, 15) is 4.79 Å². The molecule has 0 aromatic heterocycles. The van der Waals surface area contributed by atoms with Crippen LogP contribution in [-0.4, -0.2) is 25.7 Å². The maximum absolute atomic E-state index is 11.8. The largest absolute Gasteiger partial charge is 0.467 e. The lowest BCUT2D eigenvalue weighted by molar-refractivity contribution is -0.145. The van der Waals surface area contributed by atoms with Gasteiger partial charge >= 0.3 is 5.97 Å². The molecule has 0 heterocycles. The smallest absolute Gasteiger partial charge is 0.331 e. The highest BCUT2D eigenvalue weighted by atomic mass is 16.5. The van der Waals surface area contributed by atoms with Gasteiger partial charge in [0.15, 0.2) is 0 Å². The number of hydrogen-bond acceptors (Lipinski definition) is 3. The zero-order chi connectivity index (χ0) is 14.6. The van der Waals surface area contributed by atoms with Crippen molar-refractivity contribution in [3.05, 3.63) is 29.8 Å². The first-order valence-corrected chi connectivity index (χ1v) is 6.76. The highest BCUT2D eigenvalue weighted by Crippen LogP contribution is 2.26. The van der Waals surface area contributed by atoms with Crippen LogP contribution in [0.15, 0.2) is 24.3 Å².